The summed E-state index contributed by atoms with van der Waals surface area (Å²) in [4.78, 5) is 8.38. The summed E-state index contributed by atoms with van der Waals surface area (Å²) in [6.45, 7) is 1.94. The van der Waals surface area contributed by atoms with Crippen LogP contribution in [0.1, 0.15) is 5.56 Å². The Morgan fingerprint density at radius 2 is 1.48 bits per heavy atom. The summed E-state index contributed by atoms with van der Waals surface area (Å²) in [7, 11) is 0. The number of nitrogens with two attached hydrogens (primary N) is 1. The van der Waals surface area contributed by atoms with Crippen LogP contribution >= 0.6 is 34.8 Å². The van der Waals surface area contributed by atoms with Crippen LogP contribution in [0.25, 0.3) is 0 Å². The molecule has 0 bridgehead atoms. The van der Waals surface area contributed by atoms with E-state index in [2.05, 4.69) is 20.6 Å². The third-order valence-corrected chi connectivity index (χ3v) is 4.12. The van der Waals surface area contributed by atoms with Crippen LogP contribution in [-0.4, -0.2) is 9.97 Å². The Kier molecular flexibility index (Phi) is 5.18. The Hall–Kier alpha value is -2.21. The van der Waals surface area contributed by atoms with Gasteiger partial charge >= 0.3 is 0 Å². The number of halogens is 3. The molecule has 0 aliphatic heterocycles. The Balaban J connectivity index is 1.89. The zero-order valence-electron chi connectivity index (χ0n) is 13.1. The first-order valence-corrected chi connectivity index (χ1v) is 8.42. The fraction of sp³-hybridized carbons (Fsp3) is 0.0588. The maximum atomic E-state index is 6.19. The van der Waals surface area contributed by atoms with Gasteiger partial charge in [-0.2, -0.15) is 0 Å². The monoisotopic (exact) mass is 393 g/mol. The first-order chi connectivity index (χ1) is 11.9. The predicted molar refractivity (Wildman–Crippen MR) is 106 cm³/mol. The highest BCUT2D eigenvalue weighted by molar-refractivity contribution is 6.35. The minimum Gasteiger partial charge on any atom is -0.393 e. The number of nitrogens with one attached hydrogen (secondary N) is 2. The van der Waals surface area contributed by atoms with Crippen LogP contribution in [0.4, 0.5) is 28.7 Å². The maximum Gasteiger partial charge on any atom is 0.159 e. The summed E-state index contributed by atoms with van der Waals surface area (Å²) in [5.74, 6) is 0.929. The number of hydrogen-bond acceptors (Lipinski definition) is 5. The minimum atomic E-state index is 0.368. The number of nitrogen functional groups attached to an aromatic ring is 1. The number of nitrogens with zero attached hydrogens (tertiary/aromatic N) is 2. The molecular weight excluding hydrogens is 381 g/mol. The van der Waals surface area contributed by atoms with Crippen molar-refractivity contribution in [3.63, 3.8) is 0 Å². The highest BCUT2D eigenvalue weighted by Gasteiger charge is 2.10. The van der Waals surface area contributed by atoms with Gasteiger partial charge in [-0.05, 0) is 48.9 Å². The molecule has 0 atom stereocenters. The Morgan fingerprint density at radius 3 is 2.12 bits per heavy atom. The van der Waals surface area contributed by atoms with Crippen LogP contribution in [0.5, 0.6) is 0 Å². The van der Waals surface area contributed by atoms with Crippen molar-refractivity contribution in [3.05, 3.63) is 63.4 Å². The second-order valence-electron chi connectivity index (χ2n) is 5.35. The van der Waals surface area contributed by atoms with Gasteiger partial charge in [-0.25, -0.2) is 9.97 Å². The van der Waals surface area contributed by atoms with E-state index in [0.29, 0.717) is 38.1 Å². The van der Waals surface area contributed by atoms with E-state index < -0.39 is 0 Å². The summed E-state index contributed by atoms with van der Waals surface area (Å²) >= 11 is 18.0. The third-order valence-electron chi connectivity index (χ3n) is 3.45. The Morgan fingerprint density at radius 1 is 0.840 bits per heavy atom. The molecule has 0 saturated carbocycles. The number of hydrogen-bond donors (Lipinski definition) is 3. The Bertz CT molecular complexity index is 910. The molecule has 0 fully saturated rings. The largest absolute Gasteiger partial charge is 0.393 e. The molecule has 0 amide bonds. The highest BCUT2D eigenvalue weighted by atomic mass is 35.5. The molecule has 0 unspecified atom stereocenters. The van der Waals surface area contributed by atoms with Gasteiger partial charge in [0.1, 0.15) is 12.0 Å². The van der Waals surface area contributed by atoms with Crippen molar-refractivity contribution in [2.45, 2.75) is 6.92 Å². The van der Waals surface area contributed by atoms with Gasteiger partial charge in [0.05, 0.1) is 0 Å². The molecule has 0 aliphatic rings. The second kappa shape index (κ2) is 7.35. The highest BCUT2D eigenvalue weighted by Crippen LogP contribution is 2.31. The van der Waals surface area contributed by atoms with Crippen LogP contribution in [0.15, 0.2) is 42.7 Å². The third kappa shape index (κ3) is 4.25. The Labute approximate surface area is 160 Å². The molecule has 2 aromatic carbocycles. The molecule has 3 aromatic rings. The van der Waals surface area contributed by atoms with Crippen molar-refractivity contribution in [3.8, 4) is 0 Å². The van der Waals surface area contributed by atoms with E-state index >= 15 is 0 Å². The molecule has 5 nitrogen and oxygen atoms in total. The molecule has 128 valence electrons. The zero-order chi connectivity index (χ0) is 18.0. The summed E-state index contributed by atoms with van der Waals surface area (Å²) in [6, 6.07) is 10.6. The fourth-order valence-corrected chi connectivity index (χ4v) is 3.01. The summed E-state index contributed by atoms with van der Waals surface area (Å²) < 4.78 is 0. The quantitative estimate of drug-likeness (QED) is 0.520. The lowest BCUT2D eigenvalue weighted by molar-refractivity contribution is 1.17. The number of aromatic nitrogens is 2. The molecule has 3 rings (SSSR count). The van der Waals surface area contributed by atoms with E-state index in [0.717, 1.165) is 11.3 Å². The van der Waals surface area contributed by atoms with Gasteiger partial charge in [-0.1, -0.05) is 34.8 Å². The smallest absolute Gasteiger partial charge is 0.159 e. The number of aryl methyl sites for hydroxylation is 1. The van der Waals surface area contributed by atoms with Gasteiger partial charge in [-0.3, -0.25) is 0 Å². The molecule has 25 heavy (non-hydrogen) atoms. The molecule has 0 saturated heterocycles. The van der Waals surface area contributed by atoms with Crippen molar-refractivity contribution in [1.29, 1.82) is 0 Å². The minimum absolute atomic E-state index is 0.368. The molecule has 0 radical (unpaired) electrons. The molecule has 0 spiro atoms. The molecule has 4 N–H and O–H groups in total. The van der Waals surface area contributed by atoms with Crippen molar-refractivity contribution in [2.75, 3.05) is 16.4 Å². The van der Waals surface area contributed by atoms with Gasteiger partial charge in [0.2, 0.25) is 0 Å². The van der Waals surface area contributed by atoms with E-state index in [9.17, 15) is 0 Å². The molecule has 1 aromatic heterocycles. The second-order valence-corrected chi connectivity index (χ2v) is 6.66. The van der Waals surface area contributed by atoms with Gasteiger partial charge in [0.15, 0.2) is 11.6 Å². The lowest BCUT2D eigenvalue weighted by Crippen LogP contribution is -2.05. The lowest BCUT2D eigenvalue weighted by atomic mass is 10.2. The first kappa shape index (κ1) is 17.6. The van der Waals surface area contributed by atoms with Crippen LogP contribution in [0, 0.1) is 6.92 Å². The lowest BCUT2D eigenvalue weighted by Gasteiger charge is -2.14. The summed E-state index contributed by atoms with van der Waals surface area (Å²) in [5.41, 5.74) is 9.07. The van der Waals surface area contributed by atoms with E-state index in [1.54, 1.807) is 24.3 Å². The van der Waals surface area contributed by atoms with Gasteiger partial charge < -0.3 is 16.4 Å². The van der Waals surface area contributed by atoms with Crippen molar-refractivity contribution in [2.24, 2.45) is 0 Å². The standard InChI is InChI=1S/C17H14Cl3N5/c1-9-4-10(18)2-3-14(9)25-17-15(21)16(22-8-23-17)24-13-6-11(19)5-12(20)7-13/h2-8H,21H2,1H3,(H2,22,23,24,25). The van der Waals surface area contributed by atoms with E-state index in [1.807, 2.05) is 19.1 Å². The molecule has 1 heterocycles. The first-order valence-electron chi connectivity index (χ1n) is 7.29. The van der Waals surface area contributed by atoms with Crippen LogP contribution in [0.3, 0.4) is 0 Å². The van der Waals surface area contributed by atoms with Crippen LogP contribution < -0.4 is 16.4 Å². The molecule has 0 aliphatic carbocycles. The van der Waals surface area contributed by atoms with Crippen LogP contribution in [-0.2, 0) is 0 Å². The number of benzene rings is 2. The topological polar surface area (TPSA) is 75.9 Å². The molecule has 8 heteroatoms. The van der Waals surface area contributed by atoms with E-state index in [1.165, 1.54) is 6.33 Å². The summed E-state index contributed by atoms with van der Waals surface area (Å²) in [5, 5.41) is 7.98. The van der Waals surface area contributed by atoms with E-state index in [4.69, 9.17) is 40.5 Å². The number of rotatable bonds is 4. The van der Waals surface area contributed by atoms with Crippen molar-refractivity contribution in [1.82, 2.24) is 9.97 Å². The van der Waals surface area contributed by atoms with Gasteiger partial charge in [-0.15, -0.1) is 0 Å². The van der Waals surface area contributed by atoms with E-state index in [-0.39, 0.29) is 0 Å². The fourth-order valence-electron chi connectivity index (χ4n) is 2.25. The zero-order valence-corrected chi connectivity index (χ0v) is 15.4. The normalized spacial score (nSPS) is 10.6. The summed E-state index contributed by atoms with van der Waals surface area (Å²) in [6.07, 6.45) is 1.42. The van der Waals surface area contributed by atoms with Crippen molar-refractivity contribution < 1.29 is 0 Å². The molecular formula is C17H14Cl3N5. The number of anilines is 5. The van der Waals surface area contributed by atoms with Crippen LogP contribution in [0.2, 0.25) is 15.1 Å². The van der Waals surface area contributed by atoms with Gasteiger partial charge in [0, 0.05) is 26.4 Å². The average Bonchev–Trinajstić information content (AvgIpc) is 2.52. The maximum absolute atomic E-state index is 6.19. The SMILES string of the molecule is Cc1cc(Cl)ccc1Nc1ncnc(Nc2cc(Cl)cc(Cl)c2)c1N. The van der Waals surface area contributed by atoms with Crippen molar-refractivity contribution >= 4 is 63.5 Å². The average molecular weight is 395 g/mol. The predicted octanol–water partition coefficient (Wildman–Crippen LogP) is 5.81. The van der Waals surface area contributed by atoms with Gasteiger partial charge in [0.25, 0.3) is 0 Å².